The highest BCUT2D eigenvalue weighted by molar-refractivity contribution is 5.90. The number of rotatable bonds is 1. The summed E-state index contributed by atoms with van der Waals surface area (Å²) < 4.78 is 7.10. The fourth-order valence-electron chi connectivity index (χ4n) is 2.11. The molecule has 0 N–H and O–H groups in total. The van der Waals surface area contributed by atoms with Crippen molar-refractivity contribution < 1.29 is 4.42 Å². The number of pyridine rings is 1. The number of furan rings is 1. The van der Waals surface area contributed by atoms with Crippen LogP contribution in [0.2, 0.25) is 0 Å². The van der Waals surface area contributed by atoms with Gasteiger partial charge in [0.25, 0.3) is 0 Å². The highest BCUT2D eigenvalue weighted by Crippen LogP contribution is 2.23. The van der Waals surface area contributed by atoms with E-state index in [0.29, 0.717) is 23.1 Å². The number of hydrogen-bond acceptors (Lipinski definition) is 5. The molecule has 0 amide bonds. The van der Waals surface area contributed by atoms with Crippen LogP contribution in [0.1, 0.15) is 5.82 Å². The van der Waals surface area contributed by atoms with Crippen molar-refractivity contribution in [1.29, 1.82) is 0 Å². The van der Waals surface area contributed by atoms with E-state index in [4.69, 9.17) is 4.42 Å². The fraction of sp³-hybridized carbons (Fsp3) is 0.0769. The van der Waals surface area contributed by atoms with E-state index in [2.05, 4.69) is 20.1 Å². The quantitative estimate of drug-likeness (QED) is 0.519. The Morgan fingerprint density at radius 2 is 2.11 bits per heavy atom. The molecule has 0 saturated carbocycles. The molecule has 6 heteroatoms. The minimum Gasteiger partial charge on any atom is -0.461 e. The summed E-state index contributed by atoms with van der Waals surface area (Å²) in [6.07, 6.45) is 3.32. The van der Waals surface area contributed by atoms with Crippen LogP contribution in [0.15, 0.2) is 41.1 Å². The predicted octanol–water partition coefficient (Wildman–Crippen LogP) is 2.24. The topological polar surface area (TPSA) is 69.1 Å². The van der Waals surface area contributed by atoms with Crippen LogP contribution in [0.25, 0.3) is 28.3 Å². The lowest BCUT2D eigenvalue weighted by molar-refractivity contribution is 0.574. The van der Waals surface area contributed by atoms with Crippen molar-refractivity contribution in [2.24, 2.45) is 0 Å². The second-order valence-corrected chi connectivity index (χ2v) is 4.18. The second kappa shape index (κ2) is 3.61. The molecule has 0 spiro atoms. The maximum absolute atomic E-state index is 5.41. The molecule has 0 aromatic carbocycles. The first-order valence-electron chi connectivity index (χ1n) is 5.85. The molecule has 0 bridgehead atoms. The van der Waals surface area contributed by atoms with E-state index in [1.807, 2.05) is 31.2 Å². The Bertz CT molecular complexity index is 879. The summed E-state index contributed by atoms with van der Waals surface area (Å²) in [5.41, 5.74) is 1.37. The van der Waals surface area contributed by atoms with E-state index >= 15 is 0 Å². The third-order valence-electron chi connectivity index (χ3n) is 2.89. The molecule has 0 atom stereocenters. The summed E-state index contributed by atoms with van der Waals surface area (Å²) in [7, 11) is 0. The highest BCUT2D eigenvalue weighted by Gasteiger charge is 2.15. The van der Waals surface area contributed by atoms with Gasteiger partial charge in [-0.05, 0) is 31.2 Å². The Labute approximate surface area is 107 Å². The summed E-state index contributed by atoms with van der Waals surface area (Å²) >= 11 is 0. The molecule has 0 aliphatic rings. The molecule has 0 radical (unpaired) electrons. The molecule has 19 heavy (non-hydrogen) atoms. The van der Waals surface area contributed by atoms with Gasteiger partial charge in [-0.25, -0.2) is 15.0 Å². The molecule has 0 aliphatic carbocycles. The van der Waals surface area contributed by atoms with Gasteiger partial charge < -0.3 is 4.42 Å². The summed E-state index contributed by atoms with van der Waals surface area (Å²) in [5.74, 6) is 1.93. The molecule has 92 valence electrons. The van der Waals surface area contributed by atoms with Gasteiger partial charge in [-0.1, -0.05) is 0 Å². The first-order valence-corrected chi connectivity index (χ1v) is 5.85. The van der Waals surface area contributed by atoms with Crippen molar-refractivity contribution in [2.75, 3.05) is 0 Å². The first kappa shape index (κ1) is 10.2. The van der Waals surface area contributed by atoms with Gasteiger partial charge >= 0.3 is 0 Å². The van der Waals surface area contributed by atoms with Crippen LogP contribution < -0.4 is 0 Å². The second-order valence-electron chi connectivity index (χ2n) is 4.18. The maximum atomic E-state index is 5.41. The van der Waals surface area contributed by atoms with Gasteiger partial charge in [0.05, 0.1) is 11.6 Å². The zero-order valence-corrected chi connectivity index (χ0v) is 10.1. The van der Waals surface area contributed by atoms with E-state index in [9.17, 15) is 0 Å². The molecule has 0 unspecified atom stereocenters. The van der Waals surface area contributed by atoms with Crippen LogP contribution in [0, 0.1) is 6.92 Å². The predicted molar refractivity (Wildman–Crippen MR) is 68.5 cm³/mol. The minimum atomic E-state index is 0.604. The van der Waals surface area contributed by atoms with Crippen LogP contribution >= 0.6 is 0 Å². The van der Waals surface area contributed by atoms with Crippen molar-refractivity contribution in [1.82, 2.24) is 24.6 Å². The Kier molecular flexibility index (Phi) is 1.94. The molecule has 6 nitrogen and oxygen atoms in total. The van der Waals surface area contributed by atoms with Crippen LogP contribution in [-0.4, -0.2) is 24.6 Å². The lowest BCUT2D eigenvalue weighted by Crippen LogP contribution is -1.99. The smallest absolute Gasteiger partial charge is 0.201 e. The number of aromatic nitrogens is 5. The van der Waals surface area contributed by atoms with E-state index in [-0.39, 0.29) is 0 Å². The van der Waals surface area contributed by atoms with E-state index in [1.165, 1.54) is 0 Å². The molecule has 0 saturated heterocycles. The molecular weight excluding hydrogens is 242 g/mol. The summed E-state index contributed by atoms with van der Waals surface area (Å²) in [4.78, 5) is 13.2. The average molecular weight is 251 g/mol. The number of aryl methyl sites for hydroxylation is 1. The van der Waals surface area contributed by atoms with Crippen molar-refractivity contribution >= 4 is 16.7 Å². The van der Waals surface area contributed by atoms with Gasteiger partial charge in [0, 0.05) is 6.20 Å². The molecule has 0 fully saturated rings. The zero-order valence-electron chi connectivity index (χ0n) is 10.1. The van der Waals surface area contributed by atoms with Gasteiger partial charge in [-0.2, -0.15) is 4.52 Å². The Balaban J connectivity index is 2.22. The molecule has 4 aromatic heterocycles. The Morgan fingerprint density at radius 1 is 1.16 bits per heavy atom. The normalized spacial score (nSPS) is 11.4. The lowest BCUT2D eigenvalue weighted by atomic mass is 10.3. The summed E-state index contributed by atoms with van der Waals surface area (Å²) in [6, 6.07) is 7.45. The van der Waals surface area contributed by atoms with Crippen molar-refractivity contribution in [3.63, 3.8) is 0 Å². The third-order valence-corrected chi connectivity index (χ3v) is 2.89. The zero-order chi connectivity index (χ0) is 12.8. The van der Waals surface area contributed by atoms with E-state index < -0.39 is 0 Å². The van der Waals surface area contributed by atoms with Crippen molar-refractivity contribution in [3.8, 4) is 11.6 Å². The molecule has 4 rings (SSSR count). The standard InChI is InChI=1S/C13H9N5O/c1-8-15-12-9-4-2-6-14-11(9)16-13(18(12)17-8)10-5-3-7-19-10/h2-7H,1H3. The van der Waals surface area contributed by atoms with Gasteiger partial charge in [0.1, 0.15) is 5.82 Å². The first-order chi connectivity index (χ1) is 9.33. The van der Waals surface area contributed by atoms with Crippen LogP contribution in [-0.2, 0) is 0 Å². The molecule has 0 aliphatic heterocycles. The SMILES string of the molecule is Cc1nc2c3cccnc3nc(-c3ccco3)n2n1. The van der Waals surface area contributed by atoms with Gasteiger partial charge in [-0.15, -0.1) is 5.10 Å². The monoisotopic (exact) mass is 251 g/mol. The van der Waals surface area contributed by atoms with Gasteiger partial charge in [0.15, 0.2) is 17.1 Å². The van der Waals surface area contributed by atoms with E-state index in [0.717, 1.165) is 11.0 Å². The molecule has 4 aromatic rings. The molecular formula is C13H9N5O. The number of hydrogen-bond donors (Lipinski definition) is 0. The fourth-order valence-corrected chi connectivity index (χ4v) is 2.11. The summed E-state index contributed by atoms with van der Waals surface area (Å²) in [5, 5.41) is 5.25. The van der Waals surface area contributed by atoms with Crippen LogP contribution in [0.5, 0.6) is 0 Å². The number of fused-ring (bicyclic) bond motifs is 3. The van der Waals surface area contributed by atoms with Crippen LogP contribution in [0.4, 0.5) is 0 Å². The summed E-state index contributed by atoms with van der Waals surface area (Å²) in [6.45, 7) is 1.85. The minimum absolute atomic E-state index is 0.604. The molecule has 4 heterocycles. The van der Waals surface area contributed by atoms with Gasteiger partial charge in [0.2, 0.25) is 5.82 Å². The largest absolute Gasteiger partial charge is 0.461 e. The highest BCUT2D eigenvalue weighted by atomic mass is 16.3. The van der Waals surface area contributed by atoms with Crippen molar-refractivity contribution in [3.05, 3.63) is 42.5 Å². The van der Waals surface area contributed by atoms with Crippen molar-refractivity contribution in [2.45, 2.75) is 6.92 Å². The maximum Gasteiger partial charge on any atom is 0.201 e. The third kappa shape index (κ3) is 1.43. The Morgan fingerprint density at radius 3 is 2.95 bits per heavy atom. The van der Waals surface area contributed by atoms with Crippen LogP contribution in [0.3, 0.4) is 0 Å². The Hall–Kier alpha value is -2.76. The number of nitrogens with zero attached hydrogens (tertiary/aromatic N) is 5. The average Bonchev–Trinajstić information content (AvgIpc) is 3.06. The van der Waals surface area contributed by atoms with E-state index in [1.54, 1.807) is 17.0 Å². The van der Waals surface area contributed by atoms with Gasteiger partial charge in [-0.3, -0.25) is 0 Å². The lowest BCUT2D eigenvalue weighted by Gasteiger charge is -2.03.